The third-order valence-electron chi connectivity index (χ3n) is 5.20. The maximum atomic E-state index is 12.4. The molecule has 0 radical (unpaired) electrons. The van der Waals surface area contributed by atoms with Gasteiger partial charge in [0.05, 0.1) is 23.2 Å². The zero-order valence-electron chi connectivity index (χ0n) is 15.7. The van der Waals surface area contributed by atoms with Gasteiger partial charge in [0.25, 0.3) is 5.56 Å². The minimum Gasteiger partial charge on any atom is -0.468 e. The summed E-state index contributed by atoms with van der Waals surface area (Å²) in [7, 11) is 0. The van der Waals surface area contributed by atoms with E-state index in [1.807, 2.05) is 24.3 Å². The number of aromatic amines is 1. The number of hydrogen-bond acceptors (Lipinski definition) is 5. The fourth-order valence-corrected chi connectivity index (χ4v) is 3.73. The van der Waals surface area contributed by atoms with Crippen molar-refractivity contribution in [2.24, 2.45) is 0 Å². The smallest absolute Gasteiger partial charge is 0.258 e. The van der Waals surface area contributed by atoms with Gasteiger partial charge in [-0.15, -0.1) is 0 Å². The fourth-order valence-electron chi connectivity index (χ4n) is 3.73. The molecule has 1 amide bonds. The van der Waals surface area contributed by atoms with Gasteiger partial charge in [0, 0.05) is 19.4 Å². The van der Waals surface area contributed by atoms with Crippen LogP contribution in [-0.4, -0.2) is 40.4 Å². The summed E-state index contributed by atoms with van der Waals surface area (Å²) in [6.07, 6.45) is 4.67. The standard InChI is InChI=1S/C21H24N4O3/c26-20(10-9-19-23-16-7-2-1-6-15(16)21(27)24-19)22-14-17(18-8-5-13-28-18)25-11-3-4-12-25/h1-2,5-8,13,17H,3-4,9-12,14H2,(H,22,26)(H,23,24,27). The molecule has 4 rings (SSSR count). The number of nitrogens with zero attached hydrogens (tertiary/aromatic N) is 2. The third-order valence-corrected chi connectivity index (χ3v) is 5.20. The van der Waals surface area contributed by atoms with E-state index in [1.165, 1.54) is 12.8 Å². The molecule has 3 heterocycles. The zero-order valence-corrected chi connectivity index (χ0v) is 15.7. The molecular weight excluding hydrogens is 356 g/mol. The normalized spacial score (nSPS) is 15.7. The van der Waals surface area contributed by atoms with Crippen LogP contribution < -0.4 is 10.9 Å². The molecular formula is C21H24N4O3. The van der Waals surface area contributed by atoms with E-state index in [9.17, 15) is 9.59 Å². The van der Waals surface area contributed by atoms with E-state index in [-0.39, 0.29) is 23.9 Å². The van der Waals surface area contributed by atoms with Crippen LogP contribution in [0.25, 0.3) is 10.9 Å². The van der Waals surface area contributed by atoms with E-state index < -0.39 is 0 Å². The Kier molecular flexibility index (Phi) is 5.53. The van der Waals surface area contributed by atoms with Crippen molar-refractivity contribution in [2.45, 2.75) is 31.7 Å². The minimum atomic E-state index is -0.173. The summed E-state index contributed by atoms with van der Waals surface area (Å²) in [5, 5.41) is 3.57. The highest BCUT2D eigenvalue weighted by atomic mass is 16.3. The van der Waals surface area contributed by atoms with Crippen molar-refractivity contribution in [3.05, 3.63) is 64.6 Å². The van der Waals surface area contributed by atoms with E-state index in [1.54, 1.807) is 18.4 Å². The van der Waals surface area contributed by atoms with Crippen LogP contribution >= 0.6 is 0 Å². The Morgan fingerprint density at radius 1 is 1.21 bits per heavy atom. The van der Waals surface area contributed by atoms with E-state index in [0.717, 1.165) is 18.8 Å². The van der Waals surface area contributed by atoms with Crippen molar-refractivity contribution in [1.82, 2.24) is 20.2 Å². The molecule has 146 valence electrons. The number of likely N-dealkylation sites (tertiary alicyclic amines) is 1. The van der Waals surface area contributed by atoms with Gasteiger partial charge >= 0.3 is 0 Å². The molecule has 7 heteroatoms. The largest absolute Gasteiger partial charge is 0.468 e. The van der Waals surface area contributed by atoms with Gasteiger partial charge in [0.15, 0.2) is 0 Å². The monoisotopic (exact) mass is 380 g/mol. The molecule has 2 aromatic heterocycles. The molecule has 7 nitrogen and oxygen atoms in total. The molecule has 1 saturated heterocycles. The van der Waals surface area contributed by atoms with Crippen molar-refractivity contribution in [2.75, 3.05) is 19.6 Å². The number of fused-ring (bicyclic) bond motifs is 1. The second-order valence-electron chi connectivity index (χ2n) is 7.11. The van der Waals surface area contributed by atoms with Crippen molar-refractivity contribution < 1.29 is 9.21 Å². The van der Waals surface area contributed by atoms with Crippen molar-refractivity contribution >= 4 is 16.8 Å². The molecule has 0 saturated carbocycles. The summed E-state index contributed by atoms with van der Waals surface area (Å²) < 4.78 is 5.58. The number of amides is 1. The second-order valence-corrected chi connectivity index (χ2v) is 7.11. The Hall–Kier alpha value is -2.93. The van der Waals surface area contributed by atoms with Crippen LogP contribution in [0.3, 0.4) is 0 Å². The topological polar surface area (TPSA) is 91.2 Å². The predicted octanol–water partition coefficient (Wildman–Crippen LogP) is 2.40. The van der Waals surface area contributed by atoms with Crippen molar-refractivity contribution in [1.29, 1.82) is 0 Å². The van der Waals surface area contributed by atoms with Gasteiger partial charge < -0.3 is 14.7 Å². The van der Waals surface area contributed by atoms with Gasteiger partial charge in [-0.2, -0.15) is 0 Å². The number of carbonyl (C=O) groups is 1. The zero-order chi connectivity index (χ0) is 19.3. The van der Waals surface area contributed by atoms with E-state index in [0.29, 0.717) is 29.7 Å². The average Bonchev–Trinajstić information content (AvgIpc) is 3.41. The molecule has 0 aliphatic carbocycles. The minimum absolute atomic E-state index is 0.0556. The number of aromatic nitrogens is 2. The molecule has 0 bridgehead atoms. The molecule has 0 spiro atoms. The Morgan fingerprint density at radius 3 is 2.82 bits per heavy atom. The molecule has 1 aromatic carbocycles. The molecule has 1 aliphatic rings. The highest BCUT2D eigenvalue weighted by molar-refractivity contribution is 5.78. The average molecular weight is 380 g/mol. The Bertz CT molecular complexity index is 990. The third kappa shape index (κ3) is 4.14. The number of nitrogens with one attached hydrogen (secondary N) is 2. The molecule has 3 aromatic rings. The van der Waals surface area contributed by atoms with Gasteiger partial charge in [-0.1, -0.05) is 12.1 Å². The summed E-state index contributed by atoms with van der Waals surface area (Å²) in [6, 6.07) is 11.1. The fraction of sp³-hybridized carbons (Fsp3) is 0.381. The lowest BCUT2D eigenvalue weighted by atomic mass is 10.2. The molecule has 1 fully saturated rings. The first kappa shape index (κ1) is 18.4. The van der Waals surface area contributed by atoms with Crippen LogP contribution in [0.15, 0.2) is 51.9 Å². The maximum Gasteiger partial charge on any atom is 0.258 e. The van der Waals surface area contributed by atoms with E-state index in [4.69, 9.17) is 4.42 Å². The summed E-state index contributed by atoms with van der Waals surface area (Å²) >= 11 is 0. The van der Waals surface area contributed by atoms with Crippen LogP contribution in [0.4, 0.5) is 0 Å². The lowest BCUT2D eigenvalue weighted by Gasteiger charge is -2.26. The summed E-state index contributed by atoms with van der Waals surface area (Å²) in [6.45, 7) is 2.54. The van der Waals surface area contributed by atoms with Gasteiger partial charge in [0.1, 0.15) is 11.6 Å². The lowest BCUT2D eigenvalue weighted by molar-refractivity contribution is -0.121. The van der Waals surface area contributed by atoms with Crippen molar-refractivity contribution in [3.63, 3.8) is 0 Å². The van der Waals surface area contributed by atoms with Crippen LogP contribution in [0.5, 0.6) is 0 Å². The Labute approximate surface area is 162 Å². The summed E-state index contributed by atoms with van der Waals surface area (Å²) in [5.41, 5.74) is 0.474. The molecule has 1 aliphatic heterocycles. The van der Waals surface area contributed by atoms with E-state index >= 15 is 0 Å². The maximum absolute atomic E-state index is 12.4. The first-order valence-electron chi connectivity index (χ1n) is 9.73. The number of benzene rings is 1. The number of rotatable bonds is 7. The first-order chi connectivity index (χ1) is 13.7. The predicted molar refractivity (Wildman–Crippen MR) is 106 cm³/mol. The number of aryl methyl sites for hydroxylation is 1. The number of H-pyrrole nitrogens is 1. The number of carbonyl (C=O) groups excluding carboxylic acids is 1. The van der Waals surface area contributed by atoms with Crippen LogP contribution in [0.2, 0.25) is 0 Å². The molecule has 28 heavy (non-hydrogen) atoms. The van der Waals surface area contributed by atoms with Crippen LogP contribution in [-0.2, 0) is 11.2 Å². The summed E-state index contributed by atoms with van der Waals surface area (Å²) in [4.78, 5) is 34.1. The first-order valence-corrected chi connectivity index (χ1v) is 9.73. The SMILES string of the molecule is O=C(CCc1nc2ccccc2c(=O)[nH]1)NCC(c1ccco1)N1CCCC1. The van der Waals surface area contributed by atoms with Gasteiger partial charge in [-0.3, -0.25) is 14.5 Å². The quantitative estimate of drug-likeness (QED) is 0.657. The highest BCUT2D eigenvalue weighted by Gasteiger charge is 2.25. The van der Waals surface area contributed by atoms with Gasteiger partial charge in [0.2, 0.25) is 5.91 Å². The number of para-hydroxylation sites is 1. The van der Waals surface area contributed by atoms with Crippen molar-refractivity contribution in [3.8, 4) is 0 Å². The van der Waals surface area contributed by atoms with E-state index in [2.05, 4.69) is 20.2 Å². The van der Waals surface area contributed by atoms with Gasteiger partial charge in [-0.05, 0) is 50.2 Å². The van der Waals surface area contributed by atoms with Gasteiger partial charge in [-0.25, -0.2) is 4.98 Å². The van der Waals surface area contributed by atoms with Crippen LogP contribution in [0.1, 0.15) is 36.9 Å². The number of hydrogen-bond donors (Lipinski definition) is 2. The van der Waals surface area contributed by atoms with Crippen LogP contribution in [0, 0.1) is 0 Å². The molecule has 2 N–H and O–H groups in total. The Morgan fingerprint density at radius 2 is 2.04 bits per heavy atom. The summed E-state index contributed by atoms with van der Waals surface area (Å²) in [5.74, 6) is 1.34. The Balaban J connectivity index is 1.35. The molecule has 1 unspecified atom stereocenters. The highest BCUT2D eigenvalue weighted by Crippen LogP contribution is 2.24. The lowest BCUT2D eigenvalue weighted by Crippen LogP contribution is -2.36. The number of furan rings is 1. The second kappa shape index (κ2) is 8.39. The molecule has 1 atom stereocenters.